The molecule has 0 bridgehead atoms. The van der Waals surface area contributed by atoms with Crippen molar-refractivity contribution in [2.24, 2.45) is 5.92 Å². The molecular formula is C12H26N2. The Bertz CT molecular complexity index is 137. The molecule has 2 nitrogen and oxygen atoms in total. The maximum absolute atomic E-state index is 3.48. The highest BCUT2D eigenvalue weighted by Gasteiger charge is 2.15. The molecule has 1 rings (SSSR count). The van der Waals surface area contributed by atoms with E-state index in [2.05, 4.69) is 31.1 Å². The van der Waals surface area contributed by atoms with E-state index < -0.39 is 0 Å². The molecule has 1 saturated heterocycles. The highest BCUT2D eigenvalue weighted by molar-refractivity contribution is 4.70. The first-order valence-electron chi connectivity index (χ1n) is 6.10. The lowest BCUT2D eigenvalue weighted by Crippen LogP contribution is -2.30. The molecule has 84 valence electrons. The normalized spacial score (nSPS) is 20.6. The Morgan fingerprint density at radius 3 is 2.50 bits per heavy atom. The lowest BCUT2D eigenvalue weighted by molar-refractivity contribution is 0.210. The molecule has 1 N–H and O–H groups in total. The minimum absolute atomic E-state index is 0.646. The zero-order valence-electron chi connectivity index (χ0n) is 10.1. The predicted molar refractivity (Wildman–Crippen MR) is 62.6 cm³/mol. The van der Waals surface area contributed by atoms with Gasteiger partial charge in [-0.1, -0.05) is 13.8 Å². The van der Waals surface area contributed by atoms with E-state index in [0.29, 0.717) is 6.04 Å². The van der Waals surface area contributed by atoms with Gasteiger partial charge < -0.3 is 10.2 Å². The Morgan fingerprint density at radius 1 is 1.29 bits per heavy atom. The zero-order chi connectivity index (χ0) is 10.4. The van der Waals surface area contributed by atoms with Gasteiger partial charge in [-0.2, -0.15) is 0 Å². The van der Waals surface area contributed by atoms with E-state index in [1.165, 1.54) is 45.3 Å². The summed E-state index contributed by atoms with van der Waals surface area (Å²) in [6.07, 6.45) is 5.61. The van der Waals surface area contributed by atoms with Crippen molar-refractivity contribution in [1.29, 1.82) is 0 Å². The van der Waals surface area contributed by atoms with Crippen LogP contribution in [0.5, 0.6) is 0 Å². The molecule has 0 aromatic rings. The van der Waals surface area contributed by atoms with Crippen LogP contribution < -0.4 is 5.32 Å². The molecule has 0 radical (unpaired) electrons. The van der Waals surface area contributed by atoms with Crippen molar-refractivity contribution >= 4 is 0 Å². The van der Waals surface area contributed by atoms with Crippen molar-refractivity contribution < 1.29 is 0 Å². The summed E-state index contributed by atoms with van der Waals surface area (Å²) < 4.78 is 0. The van der Waals surface area contributed by atoms with Crippen LogP contribution in [0.1, 0.15) is 39.5 Å². The van der Waals surface area contributed by atoms with E-state index in [1.807, 2.05) is 0 Å². The minimum Gasteiger partial charge on any atom is -0.315 e. The molecule has 0 atom stereocenters. The van der Waals surface area contributed by atoms with E-state index >= 15 is 0 Å². The molecule has 1 aliphatic heterocycles. The van der Waals surface area contributed by atoms with Gasteiger partial charge >= 0.3 is 0 Å². The minimum atomic E-state index is 0.646. The van der Waals surface area contributed by atoms with Gasteiger partial charge in [-0.25, -0.2) is 0 Å². The van der Waals surface area contributed by atoms with Crippen molar-refractivity contribution in [2.75, 3.05) is 26.7 Å². The summed E-state index contributed by atoms with van der Waals surface area (Å²) in [4.78, 5) is 2.45. The van der Waals surface area contributed by atoms with E-state index in [0.717, 1.165) is 5.92 Å². The summed E-state index contributed by atoms with van der Waals surface area (Å²) >= 11 is 0. The SMILES string of the molecule is CC(C)NCCCC1CCN(C)CC1. The molecule has 0 saturated carbocycles. The molecule has 1 aliphatic rings. The fourth-order valence-corrected chi connectivity index (χ4v) is 2.13. The van der Waals surface area contributed by atoms with Gasteiger partial charge in [0.1, 0.15) is 0 Å². The van der Waals surface area contributed by atoms with E-state index in [1.54, 1.807) is 0 Å². The third kappa shape index (κ3) is 4.97. The lowest BCUT2D eigenvalue weighted by atomic mass is 9.92. The lowest BCUT2D eigenvalue weighted by Gasteiger charge is -2.28. The van der Waals surface area contributed by atoms with Crippen LogP contribution in [-0.2, 0) is 0 Å². The number of rotatable bonds is 5. The van der Waals surface area contributed by atoms with Crippen LogP contribution >= 0.6 is 0 Å². The largest absolute Gasteiger partial charge is 0.315 e. The van der Waals surface area contributed by atoms with Gasteiger partial charge in [0.05, 0.1) is 0 Å². The number of piperidine rings is 1. The van der Waals surface area contributed by atoms with Crippen molar-refractivity contribution in [3.8, 4) is 0 Å². The van der Waals surface area contributed by atoms with Crippen molar-refractivity contribution in [2.45, 2.75) is 45.6 Å². The van der Waals surface area contributed by atoms with Crippen molar-refractivity contribution in [1.82, 2.24) is 10.2 Å². The van der Waals surface area contributed by atoms with Gasteiger partial charge in [0.25, 0.3) is 0 Å². The summed E-state index contributed by atoms with van der Waals surface area (Å²) in [6.45, 7) is 8.25. The molecule has 1 heterocycles. The summed E-state index contributed by atoms with van der Waals surface area (Å²) in [7, 11) is 2.23. The first-order chi connectivity index (χ1) is 6.68. The van der Waals surface area contributed by atoms with Crippen LogP contribution in [-0.4, -0.2) is 37.6 Å². The van der Waals surface area contributed by atoms with Crippen LogP contribution in [0.2, 0.25) is 0 Å². The van der Waals surface area contributed by atoms with Gasteiger partial charge in [-0.15, -0.1) is 0 Å². The summed E-state index contributed by atoms with van der Waals surface area (Å²) in [5.74, 6) is 1.00. The smallest absolute Gasteiger partial charge is 0.00103 e. The number of nitrogens with one attached hydrogen (secondary N) is 1. The molecule has 0 aromatic heterocycles. The average molecular weight is 198 g/mol. The first kappa shape index (κ1) is 12.0. The maximum Gasteiger partial charge on any atom is 0.00103 e. The predicted octanol–water partition coefficient (Wildman–Crippen LogP) is 2.11. The second-order valence-corrected chi connectivity index (χ2v) is 5.00. The van der Waals surface area contributed by atoms with Gasteiger partial charge in [0.2, 0.25) is 0 Å². The Hall–Kier alpha value is -0.0800. The Balaban J connectivity index is 1.96. The molecule has 0 aliphatic carbocycles. The Labute approximate surface area is 89.1 Å². The van der Waals surface area contributed by atoms with Gasteiger partial charge in [-0.05, 0) is 58.3 Å². The molecule has 2 heteroatoms. The van der Waals surface area contributed by atoms with E-state index in [-0.39, 0.29) is 0 Å². The number of hydrogen-bond acceptors (Lipinski definition) is 2. The fraction of sp³-hybridized carbons (Fsp3) is 1.00. The van der Waals surface area contributed by atoms with Crippen molar-refractivity contribution in [3.63, 3.8) is 0 Å². The average Bonchev–Trinajstić information content (AvgIpc) is 2.15. The first-order valence-corrected chi connectivity index (χ1v) is 6.10. The third-order valence-corrected chi connectivity index (χ3v) is 3.18. The van der Waals surface area contributed by atoms with Crippen LogP contribution in [0.3, 0.4) is 0 Å². The summed E-state index contributed by atoms with van der Waals surface area (Å²) in [5, 5.41) is 3.48. The maximum atomic E-state index is 3.48. The number of likely N-dealkylation sites (tertiary alicyclic amines) is 1. The van der Waals surface area contributed by atoms with Gasteiger partial charge in [0.15, 0.2) is 0 Å². The Kier molecular flexibility index (Phi) is 5.49. The molecule has 14 heavy (non-hydrogen) atoms. The monoisotopic (exact) mass is 198 g/mol. The van der Waals surface area contributed by atoms with E-state index in [9.17, 15) is 0 Å². The summed E-state index contributed by atoms with van der Waals surface area (Å²) in [5.41, 5.74) is 0. The molecule has 0 spiro atoms. The van der Waals surface area contributed by atoms with E-state index in [4.69, 9.17) is 0 Å². The quantitative estimate of drug-likeness (QED) is 0.681. The molecule has 0 aromatic carbocycles. The van der Waals surface area contributed by atoms with Crippen LogP contribution in [0.4, 0.5) is 0 Å². The van der Waals surface area contributed by atoms with Crippen LogP contribution in [0.25, 0.3) is 0 Å². The fourth-order valence-electron chi connectivity index (χ4n) is 2.13. The summed E-state index contributed by atoms with van der Waals surface area (Å²) in [6, 6.07) is 0.646. The Morgan fingerprint density at radius 2 is 1.93 bits per heavy atom. The topological polar surface area (TPSA) is 15.3 Å². The molecule has 0 unspecified atom stereocenters. The molecule has 1 fully saturated rings. The second kappa shape index (κ2) is 6.41. The van der Waals surface area contributed by atoms with Crippen LogP contribution in [0, 0.1) is 5.92 Å². The molecular weight excluding hydrogens is 172 g/mol. The third-order valence-electron chi connectivity index (χ3n) is 3.18. The number of hydrogen-bond donors (Lipinski definition) is 1. The molecule has 0 amide bonds. The van der Waals surface area contributed by atoms with Gasteiger partial charge in [0, 0.05) is 6.04 Å². The van der Waals surface area contributed by atoms with Crippen LogP contribution in [0.15, 0.2) is 0 Å². The highest BCUT2D eigenvalue weighted by Crippen LogP contribution is 2.20. The number of nitrogens with zero attached hydrogens (tertiary/aromatic N) is 1. The standard InChI is InChI=1S/C12H26N2/c1-11(2)13-8-4-5-12-6-9-14(3)10-7-12/h11-13H,4-10H2,1-3H3. The van der Waals surface area contributed by atoms with Crippen molar-refractivity contribution in [3.05, 3.63) is 0 Å². The zero-order valence-corrected chi connectivity index (χ0v) is 10.1. The highest BCUT2D eigenvalue weighted by atomic mass is 15.1. The van der Waals surface area contributed by atoms with Gasteiger partial charge in [-0.3, -0.25) is 0 Å². The second-order valence-electron chi connectivity index (χ2n) is 5.00.